The molecule has 0 radical (unpaired) electrons. The first-order valence-corrected chi connectivity index (χ1v) is 8.95. The van der Waals surface area contributed by atoms with E-state index in [1.165, 1.54) is 0 Å². The molecule has 0 aliphatic carbocycles. The van der Waals surface area contributed by atoms with E-state index in [2.05, 4.69) is 29.0 Å². The van der Waals surface area contributed by atoms with Crippen LogP contribution in [0, 0.1) is 5.92 Å². The molecular formula is C19H28N4O2. The van der Waals surface area contributed by atoms with Gasteiger partial charge < -0.3 is 14.6 Å². The summed E-state index contributed by atoms with van der Waals surface area (Å²) in [5.74, 6) is 0.0271. The molecule has 0 aliphatic heterocycles. The molecule has 1 amide bonds. The van der Waals surface area contributed by atoms with Crippen molar-refractivity contribution in [2.45, 2.75) is 40.7 Å². The van der Waals surface area contributed by atoms with Crippen LogP contribution in [-0.2, 0) is 11.3 Å². The molecule has 2 aromatic rings. The highest BCUT2D eigenvalue weighted by Gasteiger charge is 2.17. The van der Waals surface area contributed by atoms with Crippen molar-refractivity contribution in [3.05, 3.63) is 24.3 Å². The monoisotopic (exact) mass is 344 g/mol. The fourth-order valence-corrected chi connectivity index (χ4v) is 2.87. The Bertz CT molecular complexity index is 745. The summed E-state index contributed by atoms with van der Waals surface area (Å²) in [5.41, 5.74) is 1.27. The van der Waals surface area contributed by atoms with Crippen molar-refractivity contribution in [3.63, 3.8) is 0 Å². The zero-order valence-electron chi connectivity index (χ0n) is 15.6. The Kier molecular flexibility index (Phi) is 6.70. The van der Waals surface area contributed by atoms with E-state index < -0.39 is 0 Å². The zero-order chi connectivity index (χ0) is 18.4. The van der Waals surface area contributed by atoms with Gasteiger partial charge in [0.05, 0.1) is 5.52 Å². The van der Waals surface area contributed by atoms with E-state index >= 15 is 0 Å². The fraction of sp³-hybridized carbons (Fsp3) is 0.526. The number of para-hydroxylation sites is 1. The van der Waals surface area contributed by atoms with Crippen molar-refractivity contribution in [2.75, 3.05) is 19.6 Å². The highest BCUT2D eigenvalue weighted by atomic mass is 16.3. The second-order valence-electron chi connectivity index (χ2n) is 6.56. The SMILES string of the molecule is CCN(CC)CCn1c(O)c(N=NC(=O)CC(C)C)c2ccccc21. The standard InChI is InChI=1S/C19H28N4O2/c1-5-22(6-2)11-12-23-16-10-8-7-9-15(16)18(19(23)25)21-20-17(24)13-14(3)4/h7-10,14,25H,5-6,11-13H2,1-4H3. The predicted octanol–water partition coefficient (Wildman–Crippen LogP) is 4.35. The van der Waals surface area contributed by atoms with Crippen LogP contribution in [0.4, 0.5) is 5.69 Å². The topological polar surface area (TPSA) is 70.2 Å². The second-order valence-corrected chi connectivity index (χ2v) is 6.56. The number of carbonyl (C=O) groups excluding carboxylic acids is 1. The van der Waals surface area contributed by atoms with Crippen LogP contribution in [0.15, 0.2) is 34.5 Å². The van der Waals surface area contributed by atoms with E-state index in [4.69, 9.17) is 0 Å². The number of nitrogens with zero attached hydrogens (tertiary/aromatic N) is 4. The third kappa shape index (κ3) is 4.66. The molecule has 0 unspecified atom stereocenters. The Morgan fingerprint density at radius 2 is 1.92 bits per heavy atom. The number of likely N-dealkylation sites (N-methyl/N-ethyl adjacent to an activating group) is 1. The summed E-state index contributed by atoms with van der Waals surface area (Å²) < 4.78 is 1.84. The van der Waals surface area contributed by atoms with E-state index in [-0.39, 0.29) is 17.7 Å². The van der Waals surface area contributed by atoms with Gasteiger partial charge >= 0.3 is 0 Å². The lowest BCUT2D eigenvalue weighted by atomic mass is 10.1. The highest BCUT2D eigenvalue weighted by molar-refractivity contribution is 5.95. The summed E-state index contributed by atoms with van der Waals surface area (Å²) in [4.78, 5) is 14.1. The van der Waals surface area contributed by atoms with E-state index in [1.807, 2.05) is 42.7 Å². The van der Waals surface area contributed by atoms with Crippen LogP contribution in [0.2, 0.25) is 0 Å². The highest BCUT2D eigenvalue weighted by Crippen LogP contribution is 2.38. The first-order chi connectivity index (χ1) is 12.0. The number of carbonyl (C=O) groups is 1. The number of azo groups is 1. The Hall–Kier alpha value is -2.21. The van der Waals surface area contributed by atoms with Gasteiger partial charge in [0, 0.05) is 24.9 Å². The van der Waals surface area contributed by atoms with Crippen LogP contribution in [0.5, 0.6) is 5.88 Å². The number of amides is 1. The van der Waals surface area contributed by atoms with Crippen LogP contribution in [0.3, 0.4) is 0 Å². The summed E-state index contributed by atoms with van der Waals surface area (Å²) in [6.45, 7) is 11.6. The van der Waals surface area contributed by atoms with Gasteiger partial charge in [-0.1, -0.05) is 45.9 Å². The minimum atomic E-state index is -0.269. The maximum atomic E-state index is 11.8. The molecule has 0 aliphatic rings. The first kappa shape index (κ1) is 19.1. The maximum Gasteiger partial charge on any atom is 0.265 e. The number of hydrogen-bond donors (Lipinski definition) is 1. The summed E-state index contributed by atoms with van der Waals surface area (Å²) in [6, 6.07) is 7.67. The van der Waals surface area contributed by atoms with E-state index in [9.17, 15) is 9.90 Å². The van der Waals surface area contributed by atoms with Crippen LogP contribution in [0.25, 0.3) is 10.9 Å². The summed E-state index contributed by atoms with van der Waals surface area (Å²) in [7, 11) is 0. The molecule has 1 aromatic heterocycles. The summed E-state index contributed by atoms with van der Waals surface area (Å²) in [6.07, 6.45) is 0.352. The van der Waals surface area contributed by atoms with Crippen LogP contribution in [-0.4, -0.2) is 40.1 Å². The average molecular weight is 344 g/mol. The number of aromatic hydroxyl groups is 1. The van der Waals surface area contributed by atoms with E-state index in [0.29, 0.717) is 18.7 Å². The molecule has 0 saturated heterocycles. The van der Waals surface area contributed by atoms with Crippen LogP contribution in [0.1, 0.15) is 34.1 Å². The fourth-order valence-electron chi connectivity index (χ4n) is 2.87. The molecule has 0 spiro atoms. The molecule has 1 N–H and O–H groups in total. The molecule has 6 nitrogen and oxygen atoms in total. The maximum absolute atomic E-state index is 11.8. The lowest BCUT2D eigenvalue weighted by Gasteiger charge is -2.18. The predicted molar refractivity (Wildman–Crippen MR) is 100 cm³/mol. The van der Waals surface area contributed by atoms with Crippen molar-refractivity contribution in [1.29, 1.82) is 0 Å². The van der Waals surface area contributed by atoms with Gasteiger partial charge in [-0.15, -0.1) is 10.2 Å². The van der Waals surface area contributed by atoms with Crippen LogP contribution >= 0.6 is 0 Å². The second kappa shape index (κ2) is 8.76. The number of aromatic nitrogens is 1. The normalized spacial score (nSPS) is 12.1. The summed E-state index contributed by atoms with van der Waals surface area (Å²) in [5, 5.41) is 19.3. The third-order valence-corrected chi connectivity index (χ3v) is 4.30. The van der Waals surface area contributed by atoms with E-state index in [1.54, 1.807) is 0 Å². The summed E-state index contributed by atoms with van der Waals surface area (Å²) >= 11 is 0. The third-order valence-electron chi connectivity index (χ3n) is 4.30. The van der Waals surface area contributed by atoms with Gasteiger partial charge in [-0.2, -0.15) is 0 Å². The van der Waals surface area contributed by atoms with Gasteiger partial charge in [0.2, 0.25) is 5.88 Å². The van der Waals surface area contributed by atoms with Gasteiger partial charge in [0.1, 0.15) is 0 Å². The lowest BCUT2D eigenvalue weighted by Crippen LogP contribution is -2.26. The van der Waals surface area contributed by atoms with Gasteiger partial charge in [-0.25, -0.2) is 0 Å². The molecule has 1 aromatic carbocycles. The molecule has 0 atom stereocenters. The van der Waals surface area contributed by atoms with Crippen molar-refractivity contribution >= 4 is 22.5 Å². The van der Waals surface area contributed by atoms with Gasteiger partial charge in [-0.05, 0) is 25.1 Å². The number of fused-ring (bicyclic) bond motifs is 1. The Balaban J connectivity index is 2.33. The number of benzene rings is 1. The quantitative estimate of drug-likeness (QED) is 0.724. The molecular weight excluding hydrogens is 316 g/mol. The number of hydrogen-bond acceptors (Lipinski definition) is 4. The first-order valence-electron chi connectivity index (χ1n) is 8.95. The molecule has 136 valence electrons. The van der Waals surface area contributed by atoms with Gasteiger partial charge in [0.25, 0.3) is 5.91 Å². The smallest absolute Gasteiger partial charge is 0.265 e. The zero-order valence-corrected chi connectivity index (χ0v) is 15.6. The molecule has 0 saturated carbocycles. The average Bonchev–Trinajstić information content (AvgIpc) is 2.85. The largest absolute Gasteiger partial charge is 0.493 e. The van der Waals surface area contributed by atoms with Crippen LogP contribution < -0.4 is 0 Å². The molecule has 1 heterocycles. The lowest BCUT2D eigenvalue weighted by molar-refractivity contribution is -0.118. The van der Waals surface area contributed by atoms with Crippen molar-refractivity contribution in [1.82, 2.24) is 9.47 Å². The Morgan fingerprint density at radius 3 is 2.56 bits per heavy atom. The molecule has 6 heteroatoms. The molecule has 0 bridgehead atoms. The van der Waals surface area contributed by atoms with Crippen molar-refractivity contribution < 1.29 is 9.90 Å². The molecule has 2 rings (SSSR count). The van der Waals surface area contributed by atoms with Crippen molar-refractivity contribution in [2.24, 2.45) is 16.1 Å². The molecule has 0 fully saturated rings. The van der Waals surface area contributed by atoms with Gasteiger partial charge in [-0.3, -0.25) is 4.79 Å². The number of rotatable bonds is 8. The Morgan fingerprint density at radius 1 is 1.24 bits per heavy atom. The van der Waals surface area contributed by atoms with Crippen molar-refractivity contribution in [3.8, 4) is 5.88 Å². The molecule has 25 heavy (non-hydrogen) atoms. The minimum Gasteiger partial charge on any atom is -0.493 e. The van der Waals surface area contributed by atoms with Gasteiger partial charge in [0.15, 0.2) is 5.69 Å². The van der Waals surface area contributed by atoms with E-state index in [0.717, 1.165) is 30.5 Å². The minimum absolute atomic E-state index is 0.0643. The Labute approximate surface area is 149 Å².